The fourth-order valence-corrected chi connectivity index (χ4v) is 4.17. The summed E-state index contributed by atoms with van der Waals surface area (Å²) in [4.78, 5) is 32.5. The number of pyridine rings is 2. The molecule has 35 heavy (non-hydrogen) atoms. The first-order chi connectivity index (χ1) is 17.0. The van der Waals surface area contributed by atoms with Gasteiger partial charge in [0, 0.05) is 43.6 Å². The number of rotatable bonds is 7. The molecule has 1 N–H and O–H groups in total. The molecule has 0 unspecified atom stereocenters. The van der Waals surface area contributed by atoms with Gasteiger partial charge in [-0.05, 0) is 31.2 Å². The molecule has 0 bridgehead atoms. The molecule has 4 heterocycles. The summed E-state index contributed by atoms with van der Waals surface area (Å²) in [5.74, 6) is 0.902. The molecule has 0 fully saturated rings. The van der Waals surface area contributed by atoms with Gasteiger partial charge in [0.2, 0.25) is 5.88 Å². The third-order valence-electron chi connectivity index (χ3n) is 5.34. The van der Waals surface area contributed by atoms with Gasteiger partial charge in [0.15, 0.2) is 9.91 Å². The van der Waals surface area contributed by atoms with E-state index in [0.29, 0.717) is 48.7 Å². The van der Waals surface area contributed by atoms with Crippen LogP contribution in [0.25, 0.3) is 11.4 Å². The first kappa shape index (κ1) is 25.3. The van der Waals surface area contributed by atoms with E-state index in [4.69, 9.17) is 31.0 Å². The maximum atomic E-state index is 13.0. The third-order valence-corrected chi connectivity index (χ3v) is 6.02. The van der Waals surface area contributed by atoms with Crippen LogP contribution in [0.3, 0.4) is 0 Å². The number of hydrogen-bond donors (Lipinski definition) is 1. The molecular formula is C24H25ClIN6O3+. The van der Waals surface area contributed by atoms with Crippen LogP contribution in [0.5, 0.6) is 5.88 Å². The van der Waals surface area contributed by atoms with Crippen LogP contribution in [0.1, 0.15) is 17.0 Å². The maximum Gasteiger partial charge on any atom is 0.322 e. The molecule has 0 spiro atoms. The number of aryl methyl sites for hydroxylation is 1. The summed E-state index contributed by atoms with van der Waals surface area (Å²) in [7, 11) is 1.62. The minimum absolute atomic E-state index is 0.222. The molecule has 3 aromatic rings. The molecular weight excluding hydrogens is 583 g/mol. The molecule has 11 heteroatoms. The summed E-state index contributed by atoms with van der Waals surface area (Å²) in [5.41, 5.74) is 3.85. The molecule has 1 aliphatic rings. The smallest absolute Gasteiger partial charge is 0.322 e. The zero-order valence-corrected chi connectivity index (χ0v) is 22.4. The molecule has 0 aliphatic carbocycles. The summed E-state index contributed by atoms with van der Waals surface area (Å²) in [6, 6.07) is 6.97. The summed E-state index contributed by atoms with van der Waals surface area (Å²) < 4.78 is 13.5. The Labute approximate surface area is 222 Å². The van der Waals surface area contributed by atoms with Crippen molar-refractivity contribution in [3.8, 4) is 17.3 Å². The van der Waals surface area contributed by atoms with E-state index in [9.17, 15) is 4.79 Å². The monoisotopic (exact) mass is 607 g/mol. The van der Waals surface area contributed by atoms with E-state index >= 15 is 0 Å². The van der Waals surface area contributed by atoms with Gasteiger partial charge in [-0.1, -0.05) is 11.6 Å². The lowest BCUT2D eigenvalue weighted by Gasteiger charge is -2.30. The standard InChI is InChI=1S/C24H24ClIN6O3/c1-15-3-5-17(12-27-15)29-24(33)32-10-8-20-19(13-32)23(35-18(7-9-26)14-34-2)31-22(30-20)16-4-6-21(25)28-11-16/h3-7,9,11-12,18,26H,8,10,13-14H2,1-2H3/p+1/b9-7-/t18-/m0/s1. The van der Waals surface area contributed by atoms with Crippen LogP contribution in [-0.4, -0.2) is 57.2 Å². The quantitative estimate of drug-likeness (QED) is 0.311. The number of hydrogen-bond acceptors (Lipinski definition) is 7. The zero-order valence-electron chi connectivity index (χ0n) is 19.3. The molecule has 0 saturated heterocycles. The van der Waals surface area contributed by atoms with E-state index < -0.39 is 0 Å². The lowest BCUT2D eigenvalue weighted by atomic mass is 10.1. The van der Waals surface area contributed by atoms with Crippen LogP contribution in [0.4, 0.5) is 10.5 Å². The third kappa shape index (κ3) is 6.44. The Morgan fingerprint density at radius 1 is 1.26 bits per heavy atom. The summed E-state index contributed by atoms with van der Waals surface area (Å²) in [6.07, 6.45) is 5.39. The molecule has 1 aliphatic heterocycles. The van der Waals surface area contributed by atoms with E-state index in [1.165, 1.54) is 0 Å². The average Bonchev–Trinajstić information content (AvgIpc) is 2.86. The van der Waals surface area contributed by atoms with Crippen LogP contribution in [-0.2, 0) is 17.7 Å². The Morgan fingerprint density at radius 3 is 2.80 bits per heavy atom. The van der Waals surface area contributed by atoms with E-state index in [2.05, 4.69) is 15.3 Å². The number of fused-ring (bicyclic) bond motifs is 1. The van der Waals surface area contributed by atoms with Crippen molar-refractivity contribution in [1.82, 2.24) is 24.8 Å². The Bertz CT molecular complexity index is 1210. The highest BCUT2D eigenvalue weighted by molar-refractivity contribution is 6.29. The van der Waals surface area contributed by atoms with Gasteiger partial charge in [0.1, 0.15) is 11.3 Å². The predicted octanol–water partition coefficient (Wildman–Crippen LogP) is 0.679. The van der Waals surface area contributed by atoms with E-state index in [1.807, 2.05) is 57.9 Å². The fraction of sp³-hybridized carbons (Fsp3) is 0.292. The summed E-state index contributed by atoms with van der Waals surface area (Å²) in [6.45, 7) is 3.07. The SMILES string of the molecule is COC[C@H](/C=C\[IH+])Oc1nc(-c2ccc(Cl)nc2)nc2c1CN(C(=O)Nc1ccc(C)nc1)CC2. The van der Waals surface area contributed by atoms with E-state index in [-0.39, 0.29) is 12.1 Å². The normalized spacial score (nSPS) is 14.0. The number of halogens is 2. The number of ether oxygens (including phenoxy) is 2. The Hall–Kier alpha value is -2.83. The number of anilines is 1. The summed E-state index contributed by atoms with van der Waals surface area (Å²) in [5, 5.41) is 3.30. The predicted molar refractivity (Wildman–Crippen MR) is 129 cm³/mol. The minimum atomic E-state index is -0.342. The van der Waals surface area contributed by atoms with Crippen LogP contribution in [0, 0.1) is 6.92 Å². The van der Waals surface area contributed by atoms with Gasteiger partial charge in [0.05, 0.1) is 36.3 Å². The average molecular weight is 608 g/mol. The van der Waals surface area contributed by atoms with Crippen LogP contribution < -0.4 is 32.6 Å². The van der Waals surface area contributed by atoms with Gasteiger partial charge in [0.25, 0.3) is 22.6 Å². The lowest BCUT2D eigenvalue weighted by Crippen LogP contribution is -3.30. The Balaban J connectivity index is 1.64. The van der Waals surface area contributed by atoms with Gasteiger partial charge in [-0.2, -0.15) is 4.98 Å². The lowest BCUT2D eigenvalue weighted by molar-refractivity contribution is -0.275. The molecule has 4 rings (SSSR count). The molecule has 0 radical (unpaired) electrons. The van der Waals surface area contributed by atoms with Crippen molar-refractivity contribution in [2.24, 2.45) is 0 Å². The molecule has 2 amide bonds. The highest BCUT2D eigenvalue weighted by Crippen LogP contribution is 2.30. The molecule has 1 atom stereocenters. The van der Waals surface area contributed by atoms with Crippen LogP contribution in [0.2, 0.25) is 5.15 Å². The van der Waals surface area contributed by atoms with Crippen molar-refractivity contribution in [1.29, 1.82) is 0 Å². The maximum absolute atomic E-state index is 13.0. The van der Waals surface area contributed by atoms with Gasteiger partial charge < -0.3 is 19.7 Å². The fourth-order valence-electron chi connectivity index (χ4n) is 3.56. The largest absolute Gasteiger partial charge is 0.467 e. The van der Waals surface area contributed by atoms with Gasteiger partial charge in [-0.25, -0.2) is 14.8 Å². The number of urea groups is 1. The van der Waals surface area contributed by atoms with Gasteiger partial charge in [-0.15, -0.1) is 0 Å². The first-order valence-electron chi connectivity index (χ1n) is 10.9. The number of carbonyl (C=O) groups excluding carboxylic acids is 1. The Kier molecular flexibility index (Phi) is 8.47. The number of methoxy groups -OCH3 is 1. The second kappa shape index (κ2) is 11.7. The number of carbonyl (C=O) groups is 1. The van der Waals surface area contributed by atoms with Crippen molar-refractivity contribution in [2.45, 2.75) is 26.0 Å². The number of nitrogens with one attached hydrogen (secondary N) is 1. The zero-order chi connectivity index (χ0) is 24.8. The topological polar surface area (TPSA) is 102 Å². The van der Waals surface area contributed by atoms with Crippen molar-refractivity contribution in [2.75, 3.05) is 25.6 Å². The van der Waals surface area contributed by atoms with E-state index in [1.54, 1.807) is 30.5 Å². The number of aromatic nitrogens is 4. The van der Waals surface area contributed by atoms with Crippen molar-refractivity contribution < 1.29 is 36.9 Å². The first-order valence-corrected chi connectivity index (χ1v) is 12.6. The molecule has 0 saturated carbocycles. The second-order valence-electron chi connectivity index (χ2n) is 7.88. The molecule has 9 nitrogen and oxygen atoms in total. The minimum Gasteiger partial charge on any atom is -0.467 e. The highest BCUT2D eigenvalue weighted by atomic mass is 127. The van der Waals surface area contributed by atoms with Crippen LogP contribution in [0.15, 0.2) is 46.8 Å². The van der Waals surface area contributed by atoms with Crippen molar-refractivity contribution >= 4 is 23.3 Å². The molecule has 182 valence electrons. The highest BCUT2D eigenvalue weighted by Gasteiger charge is 2.28. The van der Waals surface area contributed by atoms with Crippen molar-refractivity contribution in [3.63, 3.8) is 0 Å². The van der Waals surface area contributed by atoms with Crippen LogP contribution >= 0.6 is 11.6 Å². The molecule has 0 aromatic carbocycles. The Morgan fingerprint density at radius 2 is 2.11 bits per heavy atom. The van der Waals surface area contributed by atoms with Gasteiger partial charge in [-0.3, -0.25) is 4.98 Å². The van der Waals surface area contributed by atoms with E-state index in [0.717, 1.165) is 22.5 Å². The summed E-state index contributed by atoms with van der Waals surface area (Å²) >= 11 is 7.79. The number of amides is 2. The van der Waals surface area contributed by atoms with Crippen molar-refractivity contribution in [3.05, 3.63) is 68.9 Å². The second-order valence-corrected chi connectivity index (χ2v) is 9.04. The number of nitrogens with zero attached hydrogens (tertiary/aromatic N) is 5. The van der Waals surface area contributed by atoms with Gasteiger partial charge >= 0.3 is 6.03 Å². The molecule has 3 aromatic heterocycles.